The molecule has 0 aliphatic rings. The van der Waals surface area contributed by atoms with Crippen LogP contribution in [0.2, 0.25) is 0 Å². The first-order valence-corrected chi connectivity index (χ1v) is 7.96. The maximum Gasteiger partial charge on any atom is 0.0745 e. The molecule has 2 rings (SSSR count). The van der Waals surface area contributed by atoms with Gasteiger partial charge < -0.3 is 10.6 Å². The normalized spacial score (nSPS) is 10.2. The van der Waals surface area contributed by atoms with Gasteiger partial charge in [0.05, 0.1) is 4.99 Å². The van der Waals surface area contributed by atoms with Crippen molar-refractivity contribution in [1.29, 1.82) is 0 Å². The van der Waals surface area contributed by atoms with Crippen LogP contribution in [0.25, 0.3) is 0 Å². The lowest BCUT2D eigenvalue weighted by Gasteiger charge is -2.25. The molecule has 0 radical (unpaired) electrons. The number of halogens is 1. The zero-order valence-electron chi connectivity index (χ0n) is 11.1. The van der Waals surface area contributed by atoms with Gasteiger partial charge in [-0.1, -0.05) is 42.5 Å². The first-order valence-electron chi connectivity index (χ1n) is 6.48. The molecule has 0 aliphatic heterocycles. The number of hydrogen-bond donors (Lipinski definition) is 1. The van der Waals surface area contributed by atoms with E-state index in [-0.39, 0.29) is 0 Å². The highest BCUT2D eigenvalue weighted by Crippen LogP contribution is 2.18. The molecule has 2 nitrogen and oxygen atoms in total. The maximum absolute atomic E-state index is 5.64. The second kappa shape index (κ2) is 7.59. The van der Waals surface area contributed by atoms with E-state index in [2.05, 4.69) is 76.0 Å². The van der Waals surface area contributed by atoms with E-state index in [0.29, 0.717) is 4.99 Å². The lowest BCUT2D eigenvalue weighted by Crippen LogP contribution is -2.27. The van der Waals surface area contributed by atoms with Gasteiger partial charge >= 0.3 is 0 Å². The quantitative estimate of drug-likeness (QED) is 0.592. The first kappa shape index (κ1) is 15.3. The van der Waals surface area contributed by atoms with Crippen LogP contribution in [0, 0.1) is 3.57 Å². The van der Waals surface area contributed by atoms with Crippen LogP contribution in [0.15, 0.2) is 54.6 Å². The Morgan fingerprint density at radius 1 is 1.05 bits per heavy atom. The lowest BCUT2D eigenvalue weighted by molar-refractivity contribution is 0.806. The van der Waals surface area contributed by atoms with Gasteiger partial charge in [-0.2, -0.15) is 0 Å². The third kappa shape index (κ3) is 4.76. The third-order valence-corrected chi connectivity index (χ3v) is 3.96. The minimum Gasteiger partial charge on any atom is -0.393 e. The Labute approximate surface area is 139 Å². The Hall–Kier alpha value is -1.14. The number of nitrogens with two attached hydrogens (primary N) is 1. The first-order chi connectivity index (χ1) is 9.65. The van der Waals surface area contributed by atoms with Crippen molar-refractivity contribution in [2.24, 2.45) is 5.73 Å². The highest BCUT2D eigenvalue weighted by molar-refractivity contribution is 14.1. The van der Waals surface area contributed by atoms with Crippen molar-refractivity contribution in [1.82, 2.24) is 0 Å². The molecule has 0 atom stereocenters. The molecule has 4 heteroatoms. The minimum absolute atomic E-state index is 0.563. The number of para-hydroxylation sites is 1. The second-order valence-electron chi connectivity index (χ2n) is 4.60. The number of hydrogen-bond acceptors (Lipinski definition) is 2. The van der Waals surface area contributed by atoms with E-state index in [1.54, 1.807) is 0 Å². The van der Waals surface area contributed by atoms with E-state index in [1.807, 2.05) is 6.07 Å². The Morgan fingerprint density at radius 3 is 2.30 bits per heavy atom. The average molecular weight is 396 g/mol. The van der Waals surface area contributed by atoms with Crippen molar-refractivity contribution < 1.29 is 0 Å². The Balaban J connectivity index is 2.13. The summed E-state index contributed by atoms with van der Waals surface area (Å²) in [5, 5.41) is 0. The van der Waals surface area contributed by atoms with Crippen molar-refractivity contribution in [3.05, 3.63) is 63.7 Å². The van der Waals surface area contributed by atoms with Gasteiger partial charge in [-0.05, 0) is 52.4 Å². The third-order valence-electron chi connectivity index (χ3n) is 3.04. The molecule has 2 N–H and O–H groups in total. The van der Waals surface area contributed by atoms with Crippen LogP contribution in [0.4, 0.5) is 5.69 Å². The smallest absolute Gasteiger partial charge is 0.0745 e. The fraction of sp³-hybridized carbons (Fsp3) is 0.188. The summed E-state index contributed by atoms with van der Waals surface area (Å²) in [5.74, 6) is 0. The van der Waals surface area contributed by atoms with Crippen LogP contribution in [0.3, 0.4) is 0 Å². The Morgan fingerprint density at radius 2 is 1.70 bits per heavy atom. The lowest BCUT2D eigenvalue weighted by atomic mass is 10.2. The Kier molecular flexibility index (Phi) is 5.79. The number of anilines is 1. The fourth-order valence-electron chi connectivity index (χ4n) is 1.99. The molecule has 104 valence electrons. The number of benzene rings is 2. The van der Waals surface area contributed by atoms with E-state index in [1.165, 1.54) is 14.8 Å². The van der Waals surface area contributed by atoms with Crippen LogP contribution in [0.5, 0.6) is 0 Å². The summed E-state index contributed by atoms with van der Waals surface area (Å²) in [6, 6.07) is 19.0. The van der Waals surface area contributed by atoms with Crippen molar-refractivity contribution in [3.63, 3.8) is 0 Å². The molecule has 20 heavy (non-hydrogen) atoms. The summed E-state index contributed by atoms with van der Waals surface area (Å²) in [5.41, 5.74) is 8.12. The molecule has 0 aliphatic carbocycles. The van der Waals surface area contributed by atoms with Gasteiger partial charge in [0.2, 0.25) is 0 Å². The second-order valence-corrected chi connectivity index (χ2v) is 6.37. The topological polar surface area (TPSA) is 29.3 Å². The zero-order chi connectivity index (χ0) is 14.4. The maximum atomic E-state index is 5.64. The van der Waals surface area contributed by atoms with Gasteiger partial charge in [0.1, 0.15) is 0 Å². The van der Waals surface area contributed by atoms with Crippen molar-refractivity contribution in [2.75, 3.05) is 11.4 Å². The van der Waals surface area contributed by atoms with Crippen molar-refractivity contribution in [3.8, 4) is 0 Å². The standard InChI is InChI=1S/C16H17IN2S/c17-14-8-6-13(7-9-14)12-19(11-10-16(18)20)15-4-2-1-3-5-15/h1-9H,10-12H2,(H2,18,20). The number of rotatable bonds is 6. The van der Waals surface area contributed by atoms with E-state index in [4.69, 9.17) is 18.0 Å². The van der Waals surface area contributed by atoms with Gasteiger partial charge in [0, 0.05) is 28.8 Å². The van der Waals surface area contributed by atoms with E-state index in [0.717, 1.165) is 19.5 Å². The van der Waals surface area contributed by atoms with E-state index >= 15 is 0 Å². The van der Waals surface area contributed by atoms with Crippen LogP contribution < -0.4 is 10.6 Å². The van der Waals surface area contributed by atoms with Crippen molar-refractivity contribution in [2.45, 2.75) is 13.0 Å². The van der Waals surface area contributed by atoms with Crippen LogP contribution in [-0.2, 0) is 6.54 Å². The SMILES string of the molecule is NC(=S)CCN(Cc1ccc(I)cc1)c1ccccc1. The predicted octanol–water partition coefficient (Wildman–Crippen LogP) is 3.97. The van der Waals surface area contributed by atoms with Gasteiger partial charge in [-0.15, -0.1) is 0 Å². The molecule has 0 amide bonds. The minimum atomic E-state index is 0.563. The molecule has 0 aromatic heterocycles. The summed E-state index contributed by atoms with van der Waals surface area (Å²) in [6.07, 6.45) is 0.731. The fourth-order valence-corrected chi connectivity index (χ4v) is 2.44. The summed E-state index contributed by atoms with van der Waals surface area (Å²) < 4.78 is 1.25. The molecular formula is C16H17IN2S. The van der Waals surface area contributed by atoms with E-state index < -0.39 is 0 Å². The summed E-state index contributed by atoms with van der Waals surface area (Å²) in [4.78, 5) is 2.87. The van der Waals surface area contributed by atoms with Crippen LogP contribution in [-0.4, -0.2) is 11.5 Å². The molecule has 0 saturated carbocycles. The van der Waals surface area contributed by atoms with E-state index in [9.17, 15) is 0 Å². The Bertz CT molecular complexity index is 554. The zero-order valence-corrected chi connectivity index (χ0v) is 14.1. The van der Waals surface area contributed by atoms with Gasteiger partial charge in [0.15, 0.2) is 0 Å². The average Bonchev–Trinajstić information content (AvgIpc) is 2.46. The molecule has 0 saturated heterocycles. The van der Waals surface area contributed by atoms with Crippen LogP contribution in [0.1, 0.15) is 12.0 Å². The molecule has 0 unspecified atom stereocenters. The van der Waals surface area contributed by atoms with Gasteiger partial charge in [-0.25, -0.2) is 0 Å². The molecular weight excluding hydrogens is 379 g/mol. The highest BCUT2D eigenvalue weighted by Gasteiger charge is 2.07. The summed E-state index contributed by atoms with van der Waals surface area (Å²) in [6.45, 7) is 1.70. The summed E-state index contributed by atoms with van der Waals surface area (Å²) in [7, 11) is 0. The van der Waals surface area contributed by atoms with Crippen molar-refractivity contribution >= 4 is 45.5 Å². The molecule has 0 spiro atoms. The largest absolute Gasteiger partial charge is 0.393 e. The van der Waals surface area contributed by atoms with Gasteiger partial charge in [-0.3, -0.25) is 0 Å². The number of thiocarbonyl (C=S) groups is 1. The van der Waals surface area contributed by atoms with Crippen LogP contribution >= 0.6 is 34.8 Å². The number of nitrogens with zero attached hydrogens (tertiary/aromatic N) is 1. The molecule has 2 aromatic carbocycles. The molecule has 2 aromatic rings. The molecule has 0 fully saturated rings. The molecule has 0 bridgehead atoms. The van der Waals surface area contributed by atoms with Gasteiger partial charge in [0.25, 0.3) is 0 Å². The molecule has 0 heterocycles. The summed E-state index contributed by atoms with van der Waals surface area (Å²) >= 11 is 7.32. The monoisotopic (exact) mass is 396 g/mol. The highest BCUT2D eigenvalue weighted by atomic mass is 127. The predicted molar refractivity (Wildman–Crippen MR) is 98.1 cm³/mol.